The van der Waals surface area contributed by atoms with Crippen LogP contribution < -0.4 is 5.32 Å². The molecule has 3 heteroatoms. The average molecular weight is 313 g/mol. The minimum absolute atomic E-state index is 0.425. The molecule has 0 spiro atoms. The van der Waals surface area contributed by atoms with Gasteiger partial charge in [0.25, 0.3) is 0 Å². The zero-order chi connectivity index (χ0) is 14.2. The first kappa shape index (κ1) is 13.5. The number of likely N-dealkylation sites (N-methyl/N-ethyl adjacent to an activating group) is 1. The molecule has 2 aromatic heterocycles. The van der Waals surface area contributed by atoms with E-state index in [-0.39, 0.29) is 0 Å². The van der Waals surface area contributed by atoms with E-state index in [9.17, 15) is 0 Å². The summed E-state index contributed by atoms with van der Waals surface area (Å²) in [5.74, 6) is 0. The number of hydrogen-bond donors (Lipinski definition) is 1. The van der Waals surface area contributed by atoms with E-state index >= 15 is 0 Å². The molecule has 0 fully saturated rings. The summed E-state index contributed by atoms with van der Waals surface area (Å²) in [6.45, 7) is 0. The third-order valence-electron chi connectivity index (χ3n) is 4.45. The van der Waals surface area contributed by atoms with E-state index in [0.29, 0.717) is 6.04 Å². The van der Waals surface area contributed by atoms with Gasteiger partial charge in [0.1, 0.15) is 0 Å². The highest BCUT2D eigenvalue weighted by Crippen LogP contribution is 2.34. The maximum absolute atomic E-state index is 3.50. The second kappa shape index (κ2) is 5.56. The first-order valence-electron chi connectivity index (χ1n) is 7.58. The van der Waals surface area contributed by atoms with Gasteiger partial charge in [-0.2, -0.15) is 0 Å². The molecule has 1 nitrogen and oxygen atoms in total. The molecule has 1 aromatic carbocycles. The normalized spacial score (nSPS) is 15.5. The van der Waals surface area contributed by atoms with Crippen LogP contribution in [0.4, 0.5) is 0 Å². The van der Waals surface area contributed by atoms with Crippen LogP contribution in [0.3, 0.4) is 0 Å². The summed E-state index contributed by atoms with van der Waals surface area (Å²) < 4.78 is 2.84. The predicted octanol–water partition coefficient (Wildman–Crippen LogP) is 4.95. The highest BCUT2D eigenvalue weighted by Gasteiger charge is 2.16. The van der Waals surface area contributed by atoms with E-state index in [1.54, 1.807) is 11.1 Å². The van der Waals surface area contributed by atoms with Crippen LogP contribution in [0.25, 0.3) is 9.40 Å². The summed E-state index contributed by atoms with van der Waals surface area (Å²) in [5, 5.41) is 5.68. The molecule has 1 aliphatic rings. The SMILES string of the molecule is CNC(Cc1ccc2c(c1)CCC2)c1cc2sccc2s1. The number of fused-ring (bicyclic) bond motifs is 2. The van der Waals surface area contributed by atoms with Gasteiger partial charge in [0.2, 0.25) is 0 Å². The van der Waals surface area contributed by atoms with Crippen molar-refractivity contribution in [3.63, 3.8) is 0 Å². The van der Waals surface area contributed by atoms with E-state index in [1.807, 2.05) is 22.7 Å². The third-order valence-corrected chi connectivity index (χ3v) is 6.66. The Kier molecular flexibility index (Phi) is 3.57. The number of hydrogen-bond acceptors (Lipinski definition) is 3. The summed E-state index contributed by atoms with van der Waals surface area (Å²) in [4.78, 5) is 1.46. The number of rotatable bonds is 4. The molecule has 4 rings (SSSR count). The maximum Gasteiger partial charge on any atom is 0.0454 e. The molecule has 0 saturated carbocycles. The summed E-state index contributed by atoms with van der Waals surface area (Å²) in [5.41, 5.74) is 4.61. The van der Waals surface area contributed by atoms with Crippen LogP contribution in [-0.2, 0) is 19.3 Å². The second-order valence-corrected chi connectivity index (χ2v) is 7.86. The molecule has 0 radical (unpaired) electrons. The molecule has 2 heterocycles. The topological polar surface area (TPSA) is 12.0 Å². The fourth-order valence-corrected chi connectivity index (χ4v) is 5.52. The van der Waals surface area contributed by atoms with E-state index in [4.69, 9.17) is 0 Å². The van der Waals surface area contributed by atoms with Crippen molar-refractivity contribution in [1.29, 1.82) is 0 Å². The van der Waals surface area contributed by atoms with Gasteiger partial charge in [-0.05, 0) is 66.9 Å². The lowest BCUT2D eigenvalue weighted by Gasteiger charge is -2.15. The molecule has 1 unspecified atom stereocenters. The Morgan fingerprint density at radius 3 is 2.86 bits per heavy atom. The molecule has 1 aliphatic carbocycles. The first-order valence-corrected chi connectivity index (χ1v) is 9.28. The molecule has 1 atom stereocenters. The van der Waals surface area contributed by atoms with Crippen LogP contribution >= 0.6 is 22.7 Å². The monoisotopic (exact) mass is 313 g/mol. The van der Waals surface area contributed by atoms with E-state index in [0.717, 1.165) is 6.42 Å². The van der Waals surface area contributed by atoms with Crippen molar-refractivity contribution in [2.24, 2.45) is 0 Å². The summed E-state index contributed by atoms with van der Waals surface area (Å²) in [7, 11) is 2.08. The molecule has 0 bridgehead atoms. The van der Waals surface area contributed by atoms with Gasteiger partial charge in [-0.15, -0.1) is 22.7 Å². The summed E-state index contributed by atoms with van der Waals surface area (Å²) >= 11 is 3.77. The van der Waals surface area contributed by atoms with Crippen LogP contribution in [0.5, 0.6) is 0 Å². The zero-order valence-electron chi connectivity index (χ0n) is 12.2. The van der Waals surface area contributed by atoms with Gasteiger partial charge in [-0.3, -0.25) is 0 Å². The van der Waals surface area contributed by atoms with Crippen molar-refractivity contribution in [2.45, 2.75) is 31.7 Å². The van der Waals surface area contributed by atoms with Crippen LogP contribution in [-0.4, -0.2) is 7.05 Å². The summed E-state index contributed by atoms with van der Waals surface area (Å²) in [6, 6.07) is 12.1. The van der Waals surface area contributed by atoms with Crippen LogP contribution in [0.2, 0.25) is 0 Å². The zero-order valence-corrected chi connectivity index (χ0v) is 13.8. The van der Waals surface area contributed by atoms with Gasteiger partial charge in [0.15, 0.2) is 0 Å². The van der Waals surface area contributed by atoms with Crippen LogP contribution in [0.1, 0.15) is 34.0 Å². The van der Waals surface area contributed by atoms with Crippen molar-refractivity contribution in [3.05, 3.63) is 57.3 Å². The van der Waals surface area contributed by atoms with Crippen LogP contribution in [0.15, 0.2) is 35.7 Å². The Morgan fingerprint density at radius 2 is 2.00 bits per heavy atom. The average Bonchev–Trinajstić information content (AvgIpc) is 3.18. The number of benzene rings is 1. The lowest BCUT2D eigenvalue weighted by Crippen LogP contribution is -2.17. The molecule has 1 N–H and O–H groups in total. The minimum Gasteiger partial charge on any atom is -0.312 e. The highest BCUT2D eigenvalue weighted by molar-refractivity contribution is 7.26. The number of aryl methyl sites for hydroxylation is 2. The highest BCUT2D eigenvalue weighted by atomic mass is 32.1. The van der Waals surface area contributed by atoms with Gasteiger partial charge in [-0.25, -0.2) is 0 Å². The van der Waals surface area contributed by atoms with Crippen molar-refractivity contribution in [3.8, 4) is 0 Å². The van der Waals surface area contributed by atoms with E-state index < -0.39 is 0 Å². The molecule has 21 heavy (non-hydrogen) atoms. The maximum atomic E-state index is 3.50. The van der Waals surface area contributed by atoms with Crippen molar-refractivity contribution in [1.82, 2.24) is 5.32 Å². The Bertz CT molecular complexity index is 740. The smallest absolute Gasteiger partial charge is 0.0454 e. The lowest BCUT2D eigenvalue weighted by molar-refractivity contribution is 0.602. The second-order valence-electron chi connectivity index (χ2n) is 5.80. The summed E-state index contributed by atoms with van der Waals surface area (Å²) in [6.07, 6.45) is 4.95. The van der Waals surface area contributed by atoms with Crippen molar-refractivity contribution < 1.29 is 0 Å². The van der Waals surface area contributed by atoms with Gasteiger partial charge < -0.3 is 5.32 Å². The Labute approximate surface area is 133 Å². The fraction of sp³-hybridized carbons (Fsp3) is 0.333. The number of thiophene rings is 2. The third kappa shape index (κ3) is 2.54. The van der Waals surface area contributed by atoms with Gasteiger partial charge in [0, 0.05) is 20.3 Å². The van der Waals surface area contributed by atoms with Gasteiger partial charge >= 0.3 is 0 Å². The molecule has 0 saturated heterocycles. The Hall–Kier alpha value is -1.16. The Morgan fingerprint density at radius 1 is 1.10 bits per heavy atom. The molecule has 108 valence electrons. The first-order chi connectivity index (χ1) is 10.3. The quantitative estimate of drug-likeness (QED) is 0.718. The molecule has 0 aliphatic heterocycles. The molecule has 3 aromatic rings. The largest absolute Gasteiger partial charge is 0.312 e. The van der Waals surface area contributed by atoms with E-state index in [2.05, 4.69) is 48.1 Å². The fourth-order valence-electron chi connectivity index (χ4n) is 3.29. The predicted molar refractivity (Wildman–Crippen MR) is 93.7 cm³/mol. The minimum atomic E-state index is 0.425. The lowest BCUT2D eigenvalue weighted by atomic mass is 10.0. The standard InChI is InChI=1S/C18H19NS2/c1-19-15(17-11-18-16(21-17)7-8-20-18)10-12-5-6-13-3-2-4-14(13)9-12/h5-9,11,15,19H,2-4,10H2,1H3. The number of nitrogens with one attached hydrogen (secondary N) is 1. The van der Waals surface area contributed by atoms with Gasteiger partial charge in [0.05, 0.1) is 0 Å². The van der Waals surface area contributed by atoms with Crippen molar-refractivity contribution in [2.75, 3.05) is 7.05 Å². The van der Waals surface area contributed by atoms with Gasteiger partial charge in [-0.1, -0.05) is 18.2 Å². The molecular formula is C18H19NS2. The molecular weight excluding hydrogens is 294 g/mol. The Balaban J connectivity index is 1.60. The van der Waals surface area contributed by atoms with E-state index in [1.165, 1.54) is 39.1 Å². The van der Waals surface area contributed by atoms with Crippen molar-refractivity contribution >= 4 is 32.1 Å². The molecule has 0 amide bonds. The van der Waals surface area contributed by atoms with Crippen LogP contribution in [0, 0.1) is 0 Å².